The maximum atomic E-state index is 14.0. The van der Waals surface area contributed by atoms with E-state index in [1.807, 2.05) is 68.4 Å². The van der Waals surface area contributed by atoms with Crippen LogP contribution in [-0.4, -0.2) is 24.6 Å². The third-order valence-electron chi connectivity index (χ3n) is 6.19. The van der Waals surface area contributed by atoms with Crippen molar-refractivity contribution in [2.75, 3.05) is 0 Å². The molecule has 0 saturated heterocycles. The first-order valence-electron chi connectivity index (χ1n) is 11.3. The molecule has 1 N–H and O–H groups in total. The molecule has 0 aliphatic heterocycles. The van der Waals surface area contributed by atoms with E-state index in [0.29, 0.717) is 32.5 Å². The number of hydrogen-bond donors (Lipinski definition) is 1. The summed E-state index contributed by atoms with van der Waals surface area (Å²) in [4.78, 5) is 23.5. The molecule has 6 nitrogen and oxygen atoms in total. The highest BCUT2D eigenvalue weighted by molar-refractivity contribution is 6.35. The molecule has 3 aromatic carbocycles. The van der Waals surface area contributed by atoms with Crippen molar-refractivity contribution in [3.05, 3.63) is 104 Å². The van der Waals surface area contributed by atoms with Crippen molar-refractivity contribution in [2.45, 2.75) is 13.8 Å². The van der Waals surface area contributed by atoms with Crippen LogP contribution in [0.3, 0.4) is 0 Å². The smallest absolute Gasteiger partial charge is 0.268 e. The SMILES string of the molecule is Cc1ccc(-c2cc(-c3ccc(C)cc3)c3c(=O)n4c(-c5cc(Cl)ccc5Cl)n[nH]c4nc3n2)cc1. The summed E-state index contributed by atoms with van der Waals surface area (Å²) in [7, 11) is 0. The number of hydrogen-bond acceptors (Lipinski definition) is 4. The van der Waals surface area contributed by atoms with E-state index in [1.54, 1.807) is 18.2 Å². The zero-order valence-electron chi connectivity index (χ0n) is 19.4. The Morgan fingerprint density at radius 3 is 2.14 bits per heavy atom. The van der Waals surface area contributed by atoms with Crippen LogP contribution in [0.1, 0.15) is 11.1 Å². The lowest BCUT2D eigenvalue weighted by Gasteiger charge is -2.11. The van der Waals surface area contributed by atoms with Gasteiger partial charge in [0.05, 0.1) is 16.1 Å². The fourth-order valence-corrected chi connectivity index (χ4v) is 4.66. The lowest BCUT2D eigenvalue weighted by molar-refractivity contribution is 1.08. The van der Waals surface area contributed by atoms with Crippen LogP contribution in [0.4, 0.5) is 0 Å². The fourth-order valence-electron chi connectivity index (χ4n) is 4.29. The fraction of sp³-hybridized carbons (Fsp3) is 0.0714. The monoisotopic (exact) mass is 511 g/mol. The van der Waals surface area contributed by atoms with Crippen LogP contribution < -0.4 is 5.56 Å². The van der Waals surface area contributed by atoms with Gasteiger partial charge in [0.25, 0.3) is 5.56 Å². The van der Waals surface area contributed by atoms with Crippen molar-refractivity contribution in [3.8, 4) is 33.8 Å². The molecule has 0 aliphatic carbocycles. The zero-order chi connectivity index (χ0) is 25.0. The normalized spacial score (nSPS) is 11.4. The van der Waals surface area contributed by atoms with Crippen molar-refractivity contribution < 1.29 is 0 Å². The van der Waals surface area contributed by atoms with Crippen LogP contribution in [0.5, 0.6) is 0 Å². The molecule has 3 aromatic heterocycles. The second-order valence-electron chi connectivity index (χ2n) is 8.73. The van der Waals surface area contributed by atoms with Gasteiger partial charge in [-0.3, -0.25) is 4.79 Å². The van der Waals surface area contributed by atoms with Gasteiger partial charge in [0.1, 0.15) is 0 Å². The molecule has 3 heterocycles. The van der Waals surface area contributed by atoms with Crippen LogP contribution >= 0.6 is 23.2 Å². The number of rotatable bonds is 3. The lowest BCUT2D eigenvalue weighted by atomic mass is 9.99. The first kappa shape index (κ1) is 22.5. The highest BCUT2D eigenvalue weighted by Gasteiger charge is 2.20. The van der Waals surface area contributed by atoms with Gasteiger partial charge in [-0.15, -0.1) is 0 Å². The number of benzene rings is 3. The molecule has 6 rings (SSSR count). The van der Waals surface area contributed by atoms with Gasteiger partial charge >= 0.3 is 0 Å². The van der Waals surface area contributed by atoms with E-state index < -0.39 is 0 Å². The molecule has 0 aliphatic rings. The molecule has 0 amide bonds. The number of H-pyrrole nitrogens is 1. The van der Waals surface area contributed by atoms with Crippen molar-refractivity contribution >= 4 is 40.0 Å². The van der Waals surface area contributed by atoms with Gasteiger partial charge in [-0.1, -0.05) is 82.9 Å². The average Bonchev–Trinajstić information content (AvgIpc) is 3.30. The maximum absolute atomic E-state index is 14.0. The Labute approximate surface area is 216 Å². The topological polar surface area (TPSA) is 75.9 Å². The Balaban J connectivity index is 1.70. The Hall–Kier alpha value is -4.00. The Bertz CT molecular complexity index is 1840. The minimum absolute atomic E-state index is 0.266. The number of pyridine rings is 1. The highest BCUT2D eigenvalue weighted by atomic mass is 35.5. The number of halogens is 2. The first-order chi connectivity index (χ1) is 17.4. The predicted molar refractivity (Wildman–Crippen MR) is 145 cm³/mol. The predicted octanol–water partition coefficient (Wildman–Crippen LogP) is 6.89. The molecule has 8 heteroatoms. The van der Waals surface area contributed by atoms with E-state index in [1.165, 1.54) is 4.40 Å². The van der Waals surface area contributed by atoms with E-state index in [9.17, 15) is 4.79 Å². The summed E-state index contributed by atoms with van der Waals surface area (Å²) in [5.74, 6) is 0.594. The van der Waals surface area contributed by atoms with E-state index in [-0.39, 0.29) is 11.3 Å². The van der Waals surface area contributed by atoms with E-state index >= 15 is 0 Å². The summed E-state index contributed by atoms with van der Waals surface area (Å²) in [6.07, 6.45) is 0. The van der Waals surface area contributed by atoms with Gasteiger partial charge < -0.3 is 0 Å². The number of fused-ring (bicyclic) bond motifs is 2. The number of aromatic amines is 1. The minimum Gasteiger partial charge on any atom is -0.268 e. The van der Waals surface area contributed by atoms with Crippen LogP contribution in [0.15, 0.2) is 77.6 Å². The quantitative estimate of drug-likeness (QED) is 0.280. The van der Waals surface area contributed by atoms with Crippen LogP contribution in [0.25, 0.3) is 50.6 Å². The summed E-state index contributed by atoms with van der Waals surface area (Å²) in [5.41, 5.74) is 6.15. The molecule has 6 aromatic rings. The molecule has 36 heavy (non-hydrogen) atoms. The zero-order valence-corrected chi connectivity index (χ0v) is 20.9. The van der Waals surface area contributed by atoms with E-state index in [2.05, 4.69) is 10.2 Å². The average molecular weight is 512 g/mol. The number of aryl methyl sites for hydroxylation is 2. The molecule has 176 valence electrons. The third kappa shape index (κ3) is 3.75. The van der Waals surface area contributed by atoms with Crippen molar-refractivity contribution in [1.29, 1.82) is 0 Å². The molecule has 0 radical (unpaired) electrons. The van der Waals surface area contributed by atoms with Gasteiger partial charge in [0, 0.05) is 21.7 Å². The molecule has 0 saturated carbocycles. The third-order valence-corrected chi connectivity index (χ3v) is 6.76. The second kappa shape index (κ2) is 8.59. The molecule has 0 atom stereocenters. The number of nitrogens with zero attached hydrogens (tertiary/aromatic N) is 4. The minimum atomic E-state index is -0.298. The Morgan fingerprint density at radius 2 is 1.44 bits per heavy atom. The van der Waals surface area contributed by atoms with Crippen molar-refractivity contribution in [1.82, 2.24) is 24.6 Å². The molecular formula is C28H19Cl2N5O. The second-order valence-corrected chi connectivity index (χ2v) is 9.58. The summed E-state index contributed by atoms with van der Waals surface area (Å²) in [6, 6.07) is 23.1. The van der Waals surface area contributed by atoms with Gasteiger partial charge in [-0.05, 0) is 43.7 Å². The molecule has 0 spiro atoms. The van der Waals surface area contributed by atoms with Crippen LogP contribution in [0.2, 0.25) is 10.0 Å². The standard InChI is InChI=1S/C28H19Cl2N5O/c1-15-3-7-17(8-4-15)20-14-23(18-9-5-16(2)6-10-18)31-25-24(20)27(36)35-26(33-34-28(35)32-25)21-13-19(29)11-12-22(21)30/h3-14H,1-2H3,(H,31,32,34). The van der Waals surface area contributed by atoms with Gasteiger partial charge in [-0.25, -0.2) is 14.5 Å². The molecule has 0 fully saturated rings. The van der Waals surface area contributed by atoms with Crippen LogP contribution in [0, 0.1) is 13.8 Å². The van der Waals surface area contributed by atoms with Crippen molar-refractivity contribution in [3.63, 3.8) is 0 Å². The van der Waals surface area contributed by atoms with Gasteiger partial charge in [-0.2, -0.15) is 10.1 Å². The van der Waals surface area contributed by atoms with Crippen molar-refractivity contribution in [2.24, 2.45) is 0 Å². The van der Waals surface area contributed by atoms with Gasteiger partial charge in [0.15, 0.2) is 11.5 Å². The Kier molecular flexibility index (Phi) is 5.36. The van der Waals surface area contributed by atoms with Gasteiger partial charge in [0.2, 0.25) is 5.78 Å². The molecular weight excluding hydrogens is 493 g/mol. The largest absolute Gasteiger partial charge is 0.270 e. The molecule has 0 bridgehead atoms. The summed E-state index contributed by atoms with van der Waals surface area (Å²) in [6.45, 7) is 4.06. The van der Waals surface area contributed by atoms with E-state index in [4.69, 9.17) is 33.2 Å². The van der Waals surface area contributed by atoms with E-state index in [0.717, 1.165) is 33.5 Å². The summed E-state index contributed by atoms with van der Waals surface area (Å²) < 4.78 is 1.42. The summed E-state index contributed by atoms with van der Waals surface area (Å²) >= 11 is 12.7. The first-order valence-corrected chi connectivity index (χ1v) is 12.1. The Morgan fingerprint density at radius 1 is 0.778 bits per heavy atom. The maximum Gasteiger partial charge on any atom is 0.270 e. The lowest BCUT2D eigenvalue weighted by Crippen LogP contribution is -2.17. The number of nitrogens with one attached hydrogen (secondary N) is 1. The highest BCUT2D eigenvalue weighted by Crippen LogP contribution is 2.32. The molecule has 0 unspecified atom stereocenters. The number of aromatic nitrogens is 5. The summed E-state index contributed by atoms with van der Waals surface area (Å²) in [5, 5.41) is 8.52. The van der Waals surface area contributed by atoms with Crippen LogP contribution in [-0.2, 0) is 0 Å².